The maximum absolute atomic E-state index is 8.85. The van der Waals surface area contributed by atoms with Gasteiger partial charge in [0, 0.05) is 16.6 Å². The molecule has 15 heavy (non-hydrogen) atoms. The Morgan fingerprint density at radius 3 is 3.00 bits per heavy atom. The lowest BCUT2D eigenvalue weighted by molar-refractivity contribution is 0.388. The van der Waals surface area contributed by atoms with Gasteiger partial charge >= 0.3 is 0 Å². The maximum Gasteiger partial charge on any atom is 0.0857 e. The third-order valence-electron chi connectivity index (χ3n) is 1.95. The fourth-order valence-electron chi connectivity index (χ4n) is 1.20. The zero-order chi connectivity index (χ0) is 10.5. The molecule has 76 valence electrons. The molecule has 2 aromatic rings. The van der Waals surface area contributed by atoms with Crippen LogP contribution in [-0.2, 0) is 0 Å². The van der Waals surface area contributed by atoms with Gasteiger partial charge in [0.2, 0.25) is 0 Å². The SMILES string of the molecule is ONc1cnccc1/C=C/c1cccs1. The predicted molar refractivity (Wildman–Crippen MR) is 62.9 cm³/mol. The minimum Gasteiger partial charge on any atom is -0.291 e. The van der Waals surface area contributed by atoms with Crippen molar-refractivity contribution >= 4 is 29.2 Å². The number of aromatic nitrogens is 1. The number of hydrogen-bond donors (Lipinski definition) is 2. The first-order valence-corrected chi connectivity index (χ1v) is 5.34. The van der Waals surface area contributed by atoms with Crippen LogP contribution in [0, 0.1) is 0 Å². The first kappa shape index (κ1) is 9.89. The van der Waals surface area contributed by atoms with Crippen LogP contribution in [0.4, 0.5) is 5.69 Å². The molecule has 2 N–H and O–H groups in total. The molecule has 0 spiro atoms. The second-order valence-corrected chi connectivity index (χ2v) is 3.90. The van der Waals surface area contributed by atoms with Gasteiger partial charge in [0.25, 0.3) is 0 Å². The molecule has 0 aliphatic rings. The summed E-state index contributed by atoms with van der Waals surface area (Å²) in [6, 6.07) is 5.87. The molecule has 3 nitrogen and oxygen atoms in total. The van der Waals surface area contributed by atoms with Gasteiger partial charge in [0.05, 0.1) is 11.9 Å². The lowest BCUT2D eigenvalue weighted by Crippen LogP contribution is -1.92. The summed E-state index contributed by atoms with van der Waals surface area (Å²) in [4.78, 5) is 5.08. The highest BCUT2D eigenvalue weighted by atomic mass is 32.1. The summed E-state index contributed by atoms with van der Waals surface area (Å²) in [6.45, 7) is 0. The summed E-state index contributed by atoms with van der Waals surface area (Å²) in [7, 11) is 0. The lowest BCUT2D eigenvalue weighted by atomic mass is 10.2. The highest BCUT2D eigenvalue weighted by Crippen LogP contribution is 2.17. The van der Waals surface area contributed by atoms with E-state index >= 15 is 0 Å². The Bertz CT molecular complexity index is 451. The van der Waals surface area contributed by atoms with E-state index in [1.165, 1.54) is 4.88 Å². The van der Waals surface area contributed by atoms with E-state index in [0.717, 1.165) is 5.56 Å². The molecule has 0 saturated heterocycles. The Hall–Kier alpha value is -1.65. The van der Waals surface area contributed by atoms with Crippen molar-refractivity contribution in [3.8, 4) is 0 Å². The molecule has 0 fully saturated rings. The highest BCUT2D eigenvalue weighted by molar-refractivity contribution is 7.10. The van der Waals surface area contributed by atoms with Crippen molar-refractivity contribution in [1.29, 1.82) is 0 Å². The van der Waals surface area contributed by atoms with Gasteiger partial charge in [0.15, 0.2) is 0 Å². The Balaban J connectivity index is 2.24. The first-order valence-electron chi connectivity index (χ1n) is 4.46. The van der Waals surface area contributed by atoms with Crippen molar-refractivity contribution in [2.45, 2.75) is 0 Å². The van der Waals surface area contributed by atoms with Crippen LogP contribution >= 0.6 is 11.3 Å². The van der Waals surface area contributed by atoms with E-state index in [4.69, 9.17) is 5.21 Å². The summed E-state index contributed by atoms with van der Waals surface area (Å²) < 4.78 is 0. The molecule has 0 amide bonds. The Labute approximate surface area is 91.7 Å². The summed E-state index contributed by atoms with van der Waals surface area (Å²) in [6.07, 6.45) is 7.20. The van der Waals surface area contributed by atoms with E-state index in [9.17, 15) is 0 Å². The number of hydrogen-bond acceptors (Lipinski definition) is 4. The average molecular weight is 218 g/mol. The largest absolute Gasteiger partial charge is 0.291 e. The van der Waals surface area contributed by atoms with Crippen molar-refractivity contribution in [2.75, 3.05) is 5.48 Å². The molecule has 4 heteroatoms. The molecule has 0 atom stereocenters. The summed E-state index contributed by atoms with van der Waals surface area (Å²) in [5.41, 5.74) is 3.62. The molecule has 0 aliphatic carbocycles. The van der Waals surface area contributed by atoms with Crippen LogP contribution in [0.1, 0.15) is 10.4 Å². The van der Waals surface area contributed by atoms with Crippen molar-refractivity contribution in [3.05, 3.63) is 46.4 Å². The van der Waals surface area contributed by atoms with Crippen LogP contribution in [0.5, 0.6) is 0 Å². The number of nitrogens with one attached hydrogen (secondary N) is 1. The van der Waals surface area contributed by atoms with E-state index < -0.39 is 0 Å². The molecule has 0 radical (unpaired) electrons. The molecule has 2 heterocycles. The maximum atomic E-state index is 8.85. The fraction of sp³-hybridized carbons (Fsp3) is 0. The van der Waals surface area contributed by atoms with Gasteiger partial charge in [-0.05, 0) is 23.6 Å². The number of thiophene rings is 1. The van der Waals surface area contributed by atoms with Crippen LogP contribution in [0.15, 0.2) is 36.0 Å². The highest BCUT2D eigenvalue weighted by Gasteiger charge is 1.96. The number of pyridine rings is 1. The van der Waals surface area contributed by atoms with Gasteiger partial charge in [0.1, 0.15) is 0 Å². The van der Waals surface area contributed by atoms with Crippen LogP contribution in [0.2, 0.25) is 0 Å². The van der Waals surface area contributed by atoms with Gasteiger partial charge in [-0.25, -0.2) is 0 Å². The topological polar surface area (TPSA) is 45.1 Å². The van der Waals surface area contributed by atoms with Crippen LogP contribution < -0.4 is 5.48 Å². The summed E-state index contributed by atoms with van der Waals surface area (Å²) in [5, 5.41) is 10.9. The third kappa shape index (κ3) is 2.43. The lowest BCUT2D eigenvalue weighted by Gasteiger charge is -2.01. The Kier molecular flexibility index (Phi) is 3.11. The second-order valence-electron chi connectivity index (χ2n) is 2.92. The number of nitrogens with zero attached hydrogens (tertiary/aromatic N) is 1. The third-order valence-corrected chi connectivity index (χ3v) is 2.78. The minimum absolute atomic E-state index is 0.602. The van der Waals surface area contributed by atoms with Crippen LogP contribution in [0.25, 0.3) is 12.2 Å². The van der Waals surface area contributed by atoms with Crippen LogP contribution in [0.3, 0.4) is 0 Å². The molecular weight excluding hydrogens is 208 g/mol. The molecule has 0 aliphatic heterocycles. The quantitative estimate of drug-likeness (QED) is 0.778. The van der Waals surface area contributed by atoms with Crippen molar-refractivity contribution in [1.82, 2.24) is 4.98 Å². The van der Waals surface area contributed by atoms with E-state index in [2.05, 4.69) is 10.5 Å². The predicted octanol–water partition coefficient (Wildman–Crippen LogP) is 3.11. The summed E-state index contributed by atoms with van der Waals surface area (Å²) >= 11 is 1.67. The van der Waals surface area contributed by atoms with Gasteiger partial charge in [-0.3, -0.25) is 15.7 Å². The molecule has 2 rings (SSSR count). The Morgan fingerprint density at radius 1 is 1.33 bits per heavy atom. The first-order chi connectivity index (χ1) is 7.40. The van der Waals surface area contributed by atoms with E-state index in [1.54, 1.807) is 23.7 Å². The van der Waals surface area contributed by atoms with Crippen LogP contribution in [-0.4, -0.2) is 10.2 Å². The van der Waals surface area contributed by atoms with E-state index in [1.807, 2.05) is 35.7 Å². The van der Waals surface area contributed by atoms with Crippen molar-refractivity contribution in [2.24, 2.45) is 0 Å². The standard InChI is InChI=1S/C11H10N2OS/c14-13-11-8-12-6-5-9(11)3-4-10-2-1-7-15-10/h1-8,13-14H/b4-3+. The van der Waals surface area contributed by atoms with E-state index in [-0.39, 0.29) is 0 Å². The molecule has 2 aromatic heterocycles. The van der Waals surface area contributed by atoms with E-state index in [0.29, 0.717) is 5.69 Å². The van der Waals surface area contributed by atoms with Crippen molar-refractivity contribution in [3.63, 3.8) is 0 Å². The number of rotatable bonds is 3. The molecule has 0 aromatic carbocycles. The average Bonchev–Trinajstić information content (AvgIpc) is 2.79. The van der Waals surface area contributed by atoms with Gasteiger partial charge in [-0.2, -0.15) is 0 Å². The normalized spacial score (nSPS) is 10.7. The van der Waals surface area contributed by atoms with Gasteiger partial charge in [-0.1, -0.05) is 12.1 Å². The van der Waals surface area contributed by atoms with Crippen molar-refractivity contribution < 1.29 is 5.21 Å². The van der Waals surface area contributed by atoms with Gasteiger partial charge in [-0.15, -0.1) is 11.3 Å². The Morgan fingerprint density at radius 2 is 2.27 bits per heavy atom. The zero-order valence-electron chi connectivity index (χ0n) is 7.92. The molecule has 0 unspecified atom stereocenters. The molecule has 0 saturated carbocycles. The minimum atomic E-state index is 0.602. The molecular formula is C11H10N2OS. The fourth-order valence-corrected chi connectivity index (χ4v) is 1.82. The molecule has 0 bridgehead atoms. The second kappa shape index (κ2) is 4.72. The number of anilines is 1. The zero-order valence-corrected chi connectivity index (χ0v) is 8.74. The smallest absolute Gasteiger partial charge is 0.0857 e. The summed E-state index contributed by atoms with van der Waals surface area (Å²) in [5.74, 6) is 0. The monoisotopic (exact) mass is 218 g/mol. The van der Waals surface area contributed by atoms with Gasteiger partial charge < -0.3 is 0 Å².